The summed E-state index contributed by atoms with van der Waals surface area (Å²) in [5, 5.41) is 0. The van der Waals surface area contributed by atoms with Crippen molar-refractivity contribution in [3.05, 3.63) is 28.2 Å². The van der Waals surface area contributed by atoms with E-state index in [1.165, 1.54) is 4.57 Å². The van der Waals surface area contributed by atoms with E-state index >= 15 is 0 Å². The lowest BCUT2D eigenvalue weighted by Gasteiger charge is -2.28. The van der Waals surface area contributed by atoms with Gasteiger partial charge in [0.2, 0.25) is 0 Å². The van der Waals surface area contributed by atoms with Crippen molar-refractivity contribution in [2.75, 3.05) is 0 Å². The van der Waals surface area contributed by atoms with E-state index in [9.17, 15) is 4.79 Å². The zero-order valence-electron chi connectivity index (χ0n) is 11.0. The molecule has 1 unspecified atom stereocenters. The van der Waals surface area contributed by atoms with Gasteiger partial charge in [0.05, 0.1) is 0 Å². The largest absolute Gasteiger partial charge is 0.488 e. The van der Waals surface area contributed by atoms with E-state index in [-0.39, 0.29) is 17.1 Å². The summed E-state index contributed by atoms with van der Waals surface area (Å²) in [6.45, 7) is 10.3. The molecule has 0 amide bonds. The zero-order valence-corrected chi connectivity index (χ0v) is 11.0. The van der Waals surface area contributed by atoms with Gasteiger partial charge in [-0.25, -0.2) is 0 Å². The summed E-state index contributed by atoms with van der Waals surface area (Å²) in [5.74, 6) is 0.782. The fourth-order valence-corrected chi connectivity index (χ4v) is 1.19. The minimum atomic E-state index is -0.00624. The highest BCUT2D eigenvalue weighted by Gasteiger charge is 2.22. The minimum Gasteiger partial charge on any atom is -0.488 e. The predicted octanol–water partition coefficient (Wildman–Crippen LogP) is 2.51. The Balaban J connectivity index is 2.99. The molecular weight excluding hydrogens is 202 g/mol. The Morgan fingerprint density at radius 1 is 1.38 bits per heavy atom. The molecule has 0 aliphatic rings. The number of pyridine rings is 1. The number of ether oxygens (including phenoxy) is 1. The fourth-order valence-electron chi connectivity index (χ4n) is 1.19. The van der Waals surface area contributed by atoms with E-state index in [2.05, 4.69) is 20.8 Å². The van der Waals surface area contributed by atoms with Crippen LogP contribution in [0.2, 0.25) is 0 Å². The fraction of sp³-hybridized carbons (Fsp3) is 0.615. The number of hydrogen-bond donors (Lipinski definition) is 0. The van der Waals surface area contributed by atoms with E-state index < -0.39 is 0 Å². The molecule has 0 fully saturated rings. The molecule has 3 nitrogen and oxygen atoms in total. The molecule has 0 bridgehead atoms. The third kappa shape index (κ3) is 2.87. The van der Waals surface area contributed by atoms with E-state index in [4.69, 9.17) is 4.74 Å². The molecule has 0 aromatic carbocycles. The third-order valence-corrected chi connectivity index (χ3v) is 2.91. The van der Waals surface area contributed by atoms with Gasteiger partial charge in [0.25, 0.3) is 5.56 Å². The summed E-state index contributed by atoms with van der Waals surface area (Å²) >= 11 is 0. The Morgan fingerprint density at radius 2 is 1.94 bits per heavy atom. The summed E-state index contributed by atoms with van der Waals surface area (Å²) in [5.41, 5.74) is 0.966. The second-order valence-electron chi connectivity index (χ2n) is 5.40. The third-order valence-electron chi connectivity index (χ3n) is 2.91. The average Bonchev–Trinajstić information content (AvgIpc) is 2.12. The second kappa shape index (κ2) is 4.32. The SMILES string of the molecule is Cc1cc(=O)n(C)cc1OC(C)C(C)(C)C. The highest BCUT2D eigenvalue weighted by molar-refractivity contribution is 5.29. The van der Waals surface area contributed by atoms with Crippen LogP contribution in [0.25, 0.3) is 0 Å². The minimum absolute atomic E-state index is 0.00624. The van der Waals surface area contributed by atoms with Crippen LogP contribution in [0.4, 0.5) is 0 Å². The highest BCUT2D eigenvalue weighted by atomic mass is 16.5. The normalized spacial score (nSPS) is 13.6. The number of hydrogen-bond acceptors (Lipinski definition) is 2. The summed E-state index contributed by atoms with van der Waals surface area (Å²) in [7, 11) is 1.73. The van der Waals surface area contributed by atoms with Crippen LogP contribution in [0, 0.1) is 12.3 Å². The molecule has 0 aliphatic carbocycles. The van der Waals surface area contributed by atoms with Crippen molar-refractivity contribution in [2.45, 2.75) is 40.7 Å². The molecule has 0 N–H and O–H groups in total. The molecule has 90 valence electrons. The molecule has 0 saturated carbocycles. The van der Waals surface area contributed by atoms with Crippen LogP contribution in [0.3, 0.4) is 0 Å². The summed E-state index contributed by atoms with van der Waals surface area (Å²) < 4.78 is 7.43. The predicted molar refractivity (Wildman–Crippen MR) is 66.0 cm³/mol. The number of rotatable bonds is 2. The lowest BCUT2D eigenvalue weighted by Crippen LogP contribution is -2.29. The Labute approximate surface area is 97.1 Å². The molecular formula is C13H21NO2. The van der Waals surface area contributed by atoms with Crippen LogP contribution in [0.15, 0.2) is 17.1 Å². The van der Waals surface area contributed by atoms with Gasteiger partial charge in [-0.2, -0.15) is 0 Å². The van der Waals surface area contributed by atoms with Gasteiger partial charge in [0, 0.05) is 19.3 Å². The molecule has 0 aliphatic heterocycles. The molecule has 1 aromatic rings. The van der Waals surface area contributed by atoms with Crippen molar-refractivity contribution in [2.24, 2.45) is 12.5 Å². The van der Waals surface area contributed by atoms with Crippen LogP contribution in [0.1, 0.15) is 33.3 Å². The van der Waals surface area contributed by atoms with Crippen LogP contribution in [-0.4, -0.2) is 10.7 Å². The van der Waals surface area contributed by atoms with Crippen molar-refractivity contribution >= 4 is 0 Å². The molecule has 0 radical (unpaired) electrons. The first kappa shape index (κ1) is 12.8. The topological polar surface area (TPSA) is 31.2 Å². The smallest absolute Gasteiger partial charge is 0.250 e. The van der Waals surface area contributed by atoms with E-state index in [1.807, 2.05) is 13.8 Å². The summed E-state index contributed by atoms with van der Waals surface area (Å²) in [6.07, 6.45) is 1.85. The summed E-state index contributed by atoms with van der Waals surface area (Å²) in [4.78, 5) is 11.4. The Hall–Kier alpha value is -1.25. The Morgan fingerprint density at radius 3 is 2.44 bits per heavy atom. The van der Waals surface area contributed by atoms with Crippen molar-refractivity contribution in [3.8, 4) is 5.75 Å². The van der Waals surface area contributed by atoms with E-state index in [0.717, 1.165) is 11.3 Å². The zero-order chi connectivity index (χ0) is 12.5. The molecule has 1 rings (SSSR count). The van der Waals surface area contributed by atoms with Crippen LogP contribution in [0.5, 0.6) is 5.75 Å². The first-order valence-electron chi connectivity index (χ1n) is 5.56. The molecule has 3 heteroatoms. The van der Waals surface area contributed by atoms with Crippen molar-refractivity contribution in [1.82, 2.24) is 4.57 Å². The second-order valence-corrected chi connectivity index (χ2v) is 5.40. The average molecular weight is 223 g/mol. The van der Waals surface area contributed by atoms with E-state index in [0.29, 0.717) is 0 Å². The molecule has 0 spiro atoms. The Kier molecular flexibility index (Phi) is 3.46. The quantitative estimate of drug-likeness (QED) is 0.771. The standard InChI is InChI=1S/C13H21NO2/c1-9-7-12(15)14(6)8-11(9)16-10(2)13(3,4)5/h7-8,10H,1-6H3. The van der Waals surface area contributed by atoms with Gasteiger partial charge in [-0.05, 0) is 24.8 Å². The number of aryl methyl sites for hydroxylation is 2. The van der Waals surface area contributed by atoms with E-state index in [1.54, 1.807) is 19.3 Å². The molecule has 0 saturated heterocycles. The number of nitrogens with zero attached hydrogens (tertiary/aromatic N) is 1. The number of aromatic nitrogens is 1. The van der Waals surface area contributed by atoms with Gasteiger partial charge in [-0.15, -0.1) is 0 Å². The van der Waals surface area contributed by atoms with Gasteiger partial charge < -0.3 is 9.30 Å². The maximum absolute atomic E-state index is 11.4. The first-order chi connectivity index (χ1) is 7.21. The lowest BCUT2D eigenvalue weighted by atomic mass is 9.90. The van der Waals surface area contributed by atoms with Crippen molar-refractivity contribution in [1.29, 1.82) is 0 Å². The van der Waals surface area contributed by atoms with Crippen molar-refractivity contribution in [3.63, 3.8) is 0 Å². The highest BCUT2D eigenvalue weighted by Crippen LogP contribution is 2.25. The monoisotopic (exact) mass is 223 g/mol. The van der Waals surface area contributed by atoms with Gasteiger partial charge in [0.1, 0.15) is 11.9 Å². The molecule has 1 aromatic heterocycles. The molecule has 1 heterocycles. The first-order valence-corrected chi connectivity index (χ1v) is 5.56. The van der Waals surface area contributed by atoms with Gasteiger partial charge >= 0.3 is 0 Å². The maximum atomic E-state index is 11.4. The molecule has 1 atom stereocenters. The lowest BCUT2D eigenvalue weighted by molar-refractivity contribution is 0.102. The van der Waals surface area contributed by atoms with Gasteiger partial charge in [0.15, 0.2) is 0 Å². The van der Waals surface area contributed by atoms with Crippen LogP contribution >= 0.6 is 0 Å². The Bertz CT molecular complexity index is 427. The molecule has 16 heavy (non-hydrogen) atoms. The summed E-state index contributed by atoms with van der Waals surface area (Å²) in [6, 6.07) is 1.60. The van der Waals surface area contributed by atoms with Crippen LogP contribution < -0.4 is 10.3 Å². The maximum Gasteiger partial charge on any atom is 0.250 e. The van der Waals surface area contributed by atoms with Crippen molar-refractivity contribution < 1.29 is 4.74 Å². The van der Waals surface area contributed by atoms with Crippen LogP contribution in [-0.2, 0) is 7.05 Å². The van der Waals surface area contributed by atoms with Gasteiger partial charge in [-0.1, -0.05) is 20.8 Å². The van der Waals surface area contributed by atoms with Gasteiger partial charge in [-0.3, -0.25) is 4.79 Å².